The van der Waals surface area contributed by atoms with Gasteiger partial charge < -0.3 is 5.11 Å². The predicted octanol–water partition coefficient (Wildman–Crippen LogP) is 2.19. The van der Waals surface area contributed by atoms with Crippen LogP contribution in [0, 0.1) is 12.3 Å². The van der Waals surface area contributed by atoms with Crippen LogP contribution in [-0.2, 0) is 13.5 Å². The van der Waals surface area contributed by atoms with E-state index in [4.69, 9.17) is 0 Å². The standard InChI is InChI=1S/C11H17BrN2O/c1-7-10(12)9(14(3)13-7)6-11(4-5-11)8(2)15/h8,15H,4-6H2,1-3H3. The van der Waals surface area contributed by atoms with E-state index in [1.54, 1.807) is 0 Å². The summed E-state index contributed by atoms with van der Waals surface area (Å²) in [5.41, 5.74) is 2.34. The second kappa shape index (κ2) is 3.59. The highest BCUT2D eigenvalue weighted by Gasteiger charge is 2.47. The van der Waals surface area contributed by atoms with Crippen LogP contribution in [0.3, 0.4) is 0 Å². The maximum absolute atomic E-state index is 9.75. The van der Waals surface area contributed by atoms with Crippen LogP contribution >= 0.6 is 15.9 Å². The molecule has 0 aliphatic heterocycles. The minimum absolute atomic E-state index is 0.114. The molecule has 1 aromatic rings. The molecule has 1 atom stereocenters. The molecule has 1 aromatic heterocycles. The third kappa shape index (κ3) is 1.85. The van der Waals surface area contributed by atoms with E-state index in [0.29, 0.717) is 0 Å². The fourth-order valence-electron chi connectivity index (χ4n) is 2.11. The van der Waals surface area contributed by atoms with Crippen LogP contribution in [0.4, 0.5) is 0 Å². The summed E-state index contributed by atoms with van der Waals surface area (Å²) in [7, 11) is 1.96. The molecule has 1 aliphatic rings. The molecule has 0 radical (unpaired) electrons. The number of aliphatic hydroxyl groups is 1. The van der Waals surface area contributed by atoms with Gasteiger partial charge >= 0.3 is 0 Å². The fourth-order valence-corrected chi connectivity index (χ4v) is 2.58. The van der Waals surface area contributed by atoms with Gasteiger partial charge in [-0.2, -0.15) is 5.10 Å². The third-order valence-corrected chi connectivity index (χ3v) is 4.59. The van der Waals surface area contributed by atoms with Crippen molar-refractivity contribution in [3.63, 3.8) is 0 Å². The number of rotatable bonds is 3. The van der Waals surface area contributed by atoms with Crippen molar-refractivity contribution in [1.82, 2.24) is 9.78 Å². The maximum Gasteiger partial charge on any atom is 0.0738 e. The zero-order chi connectivity index (χ0) is 11.2. The fraction of sp³-hybridized carbons (Fsp3) is 0.727. The summed E-state index contributed by atoms with van der Waals surface area (Å²) in [4.78, 5) is 0. The Hall–Kier alpha value is -0.350. The van der Waals surface area contributed by atoms with Crippen LogP contribution < -0.4 is 0 Å². The van der Waals surface area contributed by atoms with Gasteiger partial charge in [0.15, 0.2) is 0 Å². The first-order valence-corrected chi connectivity index (χ1v) is 6.11. The Kier molecular flexibility index (Phi) is 2.67. The van der Waals surface area contributed by atoms with Gasteiger partial charge in [0.1, 0.15) is 0 Å². The van der Waals surface area contributed by atoms with Crippen molar-refractivity contribution < 1.29 is 5.11 Å². The molecule has 15 heavy (non-hydrogen) atoms. The highest BCUT2D eigenvalue weighted by atomic mass is 79.9. The van der Waals surface area contributed by atoms with Crippen molar-refractivity contribution in [3.05, 3.63) is 15.9 Å². The molecule has 1 unspecified atom stereocenters. The summed E-state index contributed by atoms with van der Waals surface area (Å²) in [6.07, 6.45) is 2.95. The lowest BCUT2D eigenvalue weighted by Crippen LogP contribution is -2.22. The second-order valence-corrected chi connectivity index (χ2v) is 5.48. The number of halogens is 1. The molecular formula is C11H17BrN2O. The van der Waals surface area contributed by atoms with Crippen LogP contribution in [0.15, 0.2) is 4.47 Å². The zero-order valence-electron chi connectivity index (χ0n) is 9.42. The average Bonchev–Trinajstić information content (AvgIpc) is 2.89. The second-order valence-electron chi connectivity index (χ2n) is 4.68. The van der Waals surface area contributed by atoms with Crippen LogP contribution in [0.5, 0.6) is 0 Å². The highest BCUT2D eigenvalue weighted by Crippen LogP contribution is 2.51. The van der Waals surface area contributed by atoms with Crippen LogP contribution in [0.25, 0.3) is 0 Å². The molecule has 0 spiro atoms. The smallest absolute Gasteiger partial charge is 0.0738 e. The first kappa shape index (κ1) is 11.1. The summed E-state index contributed by atoms with van der Waals surface area (Å²) in [5.74, 6) is 0. The van der Waals surface area contributed by atoms with Crippen molar-refractivity contribution in [2.75, 3.05) is 0 Å². The highest BCUT2D eigenvalue weighted by molar-refractivity contribution is 9.10. The Bertz CT molecular complexity index is 380. The summed E-state index contributed by atoms with van der Waals surface area (Å²) < 4.78 is 3.01. The van der Waals surface area contributed by atoms with Crippen molar-refractivity contribution >= 4 is 15.9 Å². The number of hydrogen-bond acceptors (Lipinski definition) is 2. The molecule has 1 saturated carbocycles. The molecule has 4 heteroatoms. The molecule has 0 saturated heterocycles. The quantitative estimate of drug-likeness (QED) is 0.916. The molecule has 0 aromatic carbocycles. The predicted molar refractivity (Wildman–Crippen MR) is 62.7 cm³/mol. The molecule has 84 valence electrons. The largest absolute Gasteiger partial charge is 0.393 e. The van der Waals surface area contributed by atoms with Crippen molar-refractivity contribution in [2.24, 2.45) is 12.5 Å². The summed E-state index contributed by atoms with van der Waals surface area (Å²) in [6.45, 7) is 3.89. The Balaban J connectivity index is 2.25. The molecule has 1 fully saturated rings. The van der Waals surface area contributed by atoms with Crippen molar-refractivity contribution in [3.8, 4) is 0 Å². The van der Waals surface area contributed by atoms with Gasteiger partial charge in [0, 0.05) is 12.5 Å². The SMILES string of the molecule is Cc1nn(C)c(CC2(C(C)O)CC2)c1Br. The normalized spacial score (nSPS) is 20.3. The third-order valence-electron chi connectivity index (χ3n) is 3.56. The number of aromatic nitrogens is 2. The minimum Gasteiger partial charge on any atom is -0.393 e. The van der Waals surface area contributed by atoms with Gasteiger partial charge in [-0.1, -0.05) is 0 Å². The van der Waals surface area contributed by atoms with E-state index in [2.05, 4.69) is 21.0 Å². The van der Waals surface area contributed by atoms with E-state index in [-0.39, 0.29) is 11.5 Å². The van der Waals surface area contributed by atoms with E-state index in [9.17, 15) is 5.11 Å². The van der Waals surface area contributed by atoms with Gasteiger partial charge in [-0.3, -0.25) is 4.68 Å². The van der Waals surface area contributed by atoms with E-state index in [0.717, 1.165) is 29.4 Å². The number of aryl methyl sites for hydroxylation is 2. The van der Waals surface area contributed by atoms with E-state index < -0.39 is 0 Å². The molecule has 2 rings (SSSR count). The maximum atomic E-state index is 9.75. The Morgan fingerprint density at radius 3 is 2.53 bits per heavy atom. The van der Waals surface area contributed by atoms with Crippen LogP contribution in [-0.4, -0.2) is 21.0 Å². The zero-order valence-corrected chi connectivity index (χ0v) is 11.0. The Labute approximate surface area is 98.6 Å². The van der Waals surface area contributed by atoms with Crippen molar-refractivity contribution in [2.45, 2.75) is 39.2 Å². The lowest BCUT2D eigenvalue weighted by molar-refractivity contribution is 0.109. The monoisotopic (exact) mass is 272 g/mol. The lowest BCUT2D eigenvalue weighted by atomic mass is 9.94. The van der Waals surface area contributed by atoms with E-state index >= 15 is 0 Å². The lowest BCUT2D eigenvalue weighted by Gasteiger charge is -2.18. The average molecular weight is 273 g/mol. The summed E-state index contributed by atoms with van der Waals surface area (Å²) >= 11 is 3.57. The number of nitrogens with zero attached hydrogens (tertiary/aromatic N) is 2. The molecule has 1 aliphatic carbocycles. The molecule has 1 heterocycles. The van der Waals surface area contributed by atoms with Gasteiger partial charge in [0.2, 0.25) is 0 Å². The number of aliphatic hydroxyl groups excluding tert-OH is 1. The molecule has 0 amide bonds. The Morgan fingerprint density at radius 1 is 1.60 bits per heavy atom. The molecule has 1 N–H and O–H groups in total. The first-order valence-electron chi connectivity index (χ1n) is 5.32. The van der Waals surface area contributed by atoms with E-state index in [1.807, 2.05) is 25.6 Å². The van der Waals surface area contributed by atoms with Gasteiger partial charge in [-0.15, -0.1) is 0 Å². The minimum atomic E-state index is -0.223. The number of hydrogen-bond donors (Lipinski definition) is 1. The Morgan fingerprint density at radius 2 is 2.20 bits per heavy atom. The molecule has 0 bridgehead atoms. The van der Waals surface area contributed by atoms with Gasteiger partial charge in [0.05, 0.1) is 22.0 Å². The first-order chi connectivity index (χ1) is 6.96. The summed E-state index contributed by atoms with van der Waals surface area (Å²) in [6, 6.07) is 0. The van der Waals surface area contributed by atoms with Crippen LogP contribution in [0.1, 0.15) is 31.2 Å². The van der Waals surface area contributed by atoms with Gasteiger partial charge in [0.25, 0.3) is 0 Å². The molecular weight excluding hydrogens is 256 g/mol. The summed E-state index contributed by atoms with van der Waals surface area (Å²) in [5, 5.41) is 14.1. The van der Waals surface area contributed by atoms with E-state index in [1.165, 1.54) is 5.69 Å². The topological polar surface area (TPSA) is 38.0 Å². The molecule has 3 nitrogen and oxygen atoms in total. The van der Waals surface area contributed by atoms with Crippen LogP contribution in [0.2, 0.25) is 0 Å². The van der Waals surface area contributed by atoms with Gasteiger partial charge in [-0.05, 0) is 49.0 Å². The van der Waals surface area contributed by atoms with Crippen molar-refractivity contribution in [1.29, 1.82) is 0 Å². The van der Waals surface area contributed by atoms with Gasteiger partial charge in [-0.25, -0.2) is 0 Å².